The van der Waals surface area contributed by atoms with Gasteiger partial charge in [0, 0.05) is 32.7 Å². The first-order chi connectivity index (χ1) is 12.1. The molecule has 0 unspecified atom stereocenters. The summed E-state index contributed by atoms with van der Waals surface area (Å²) in [6.07, 6.45) is 2.45. The van der Waals surface area contributed by atoms with Crippen molar-refractivity contribution < 1.29 is 18.7 Å². The molecule has 1 saturated heterocycles. The van der Waals surface area contributed by atoms with Crippen molar-refractivity contribution in [2.24, 2.45) is 5.92 Å². The van der Waals surface area contributed by atoms with E-state index in [4.69, 9.17) is 4.74 Å². The van der Waals surface area contributed by atoms with E-state index in [2.05, 4.69) is 10.2 Å². The van der Waals surface area contributed by atoms with E-state index in [1.54, 1.807) is 4.90 Å². The minimum Gasteiger partial charge on any atom is -0.484 e. The summed E-state index contributed by atoms with van der Waals surface area (Å²) in [6.45, 7) is 3.65. The Morgan fingerprint density at radius 2 is 1.80 bits per heavy atom. The molecule has 7 heteroatoms. The molecular weight excluding hydrogens is 325 g/mol. The van der Waals surface area contributed by atoms with E-state index in [1.807, 2.05) is 0 Å². The number of carbonyl (C=O) groups is 2. The lowest BCUT2D eigenvalue weighted by Crippen LogP contribution is -2.52. The van der Waals surface area contributed by atoms with Gasteiger partial charge in [-0.05, 0) is 43.0 Å². The number of amides is 2. The van der Waals surface area contributed by atoms with Crippen LogP contribution in [0.15, 0.2) is 24.3 Å². The lowest BCUT2D eigenvalue weighted by molar-refractivity contribution is -0.135. The van der Waals surface area contributed by atoms with Crippen molar-refractivity contribution in [3.63, 3.8) is 0 Å². The Bertz CT molecular complexity index is 596. The van der Waals surface area contributed by atoms with Crippen LogP contribution in [-0.4, -0.2) is 67.5 Å². The normalized spacial score (nSPS) is 18.0. The van der Waals surface area contributed by atoms with E-state index in [-0.39, 0.29) is 24.2 Å². The quantitative estimate of drug-likeness (QED) is 0.794. The molecule has 6 nitrogen and oxygen atoms in total. The average Bonchev–Trinajstić information content (AvgIpc) is 3.44. The Morgan fingerprint density at radius 1 is 1.12 bits per heavy atom. The van der Waals surface area contributed by atoms with Crippen LogP contribution in [0.4, 0.5) is 4.39 Å². The number of piperazine rings is 1. The van der Waals surface area contributed by atoms with Gasteiger partial charge in [-0.2, -0.15) is 0 Å². The molecule has 2 amide bonds. The molecule has 1 saturated carbocycles. The predicted molar refractivity (Wildman–Crippen MR) is 90.6 cm³/mol. The van der Waals surface area contributed by atoms with Crippen LogP contribution in [0, 0.1) is 11.7 Å². The number of carbonyl (C=O) groups excluding carboxylic acids is 2. The smallest absolute Gasteiger partial charge is 0.260 e. The Hall–Kier alpha value is -2.15. The molecule has 1 heterocycles. The second-order valence-corrected chi connectivity index (χ2v) is 6.65. The lowest BCUT2D eigenvalue weighted by atomic mass is 10.3. The van der Waals surface area contributed by atoms with Gasteiger partial charge in [0.15, 0.2) is 6.61 Å². The van der Waals surface area contributed by atoms with Gasteiger partial charge in [0.05, 0.1) is 6.54 Å². The second kappa shape index (κ2) is 8.29. The zero-order chi connectivity index (χ0) is 17.6. The van der Waals surface area contributed by atoms with Gasteiger partial charge in [-0.1, -0.05) is 0 Å². The fourth-order valence-electron chi connectivity index (χ4n) is 2.76. The van der Waals surface area contributed by atoms with Crippen molar-refractivity contribution in [3.05, 3.63) is 30.1 Å². The molecule has 3 rings (SSSR count). The first-order valence-electron chi connectivity index (χ1n) is 8.75. The minimum absolute atomic E-state index is 0.0614. The highest BCUT2D eigenvalue weighted by Gasteiger charge is 2.24. The third-order valence-corrected chi connectivity index (χ3v) is 4.55. The molecule has 1 aromatic rings. The first-order valence-corrected chi connectivity index (χ1v) is 8.75. The molecule has 136 valence electrons. The van der Waals surface area contributed by atoms with Gasteiger partial charge in [0.1, 0.15) is 11.6 Å². The number of nitrogens with one attached hydrogen (secondary N) is 1. The summed E-state index contributed by atoms with van der Waals surface area (Å²) in [7, 11) is 0. The Labute approximate surface area is 146 Å². The standard InChI is InChI=1S/C18H24FN3O3/c19-15-3-5-16(6-4-15)25-13-18(24)22-9-7-21(8-10-22)12-17(23)20-11-14-1-2-14/h3-6,14H,1-2,7-13H2,(H,20,23). The molecule has 1 aliphatic heterocycles. The van der Waals surface area contributed by atoms with Gasteiger partial charge in [-0.15, -0.1) is 0 Å². The Morgan fingerprint density at radius 3 is 2.44 bits per heavy atom. The van der Waals surface area contributed by atoms with E-state index in [1.165, 1.54) is 37.1 Å². The highest BCUT2D eigenvalue weighted by atomic mass is 19.1. The molecule has 0 spiro atoms. The van der Waals surface area contributed by atoms with Crippen molar-refractivity contribution in [2.45, 2.75) is 12.8 Å². The molecule has 0 aromatic heterocycles. The first kappa shape index (κ1) is 17.7. The van der Waals surface area contributed by atoms with Gasteiger partial charge in [-0.3, -0.25) is 14.5 Å². The number of hydrogen-bond acceptors (Lipinski definition) is 4. The Kier molecular flexibility index (Phi) is 5.86. The van der Waals surface area contributed by atoms with E-state index in [0.29, 0.717) is 44.4 Å². The van der Waals surface area contributed by atoms with Gasteiger partial charge in [0.2, 0.25) is 5.91 Å². The van der Waals surface area contributed by atoms with Gasteiger partial charge < -0.3 is 15.0 Å². The van der Waals surface area contributed by atoms with Crippen LogP contribution in [0.1, 0.15) is 12.8 Å². The summed E-state index contributed by atoms with van der Waals surface area (Å²) in [5.41, 5.74) is 0. The molecule has 1 N–H and O–H groups in total. The van der Waals surface area contributed by atoms with Gasteiger partial charge >= 0.3 is 0 Å². The van der Waals surface area contributed by atoms with E-state index in [9.17, 15) is 14.0 Å². The molecule has 0 radical (unpaired) electrons. The molecule has 0 bridgehead atoms. The summed E-state index contributed by atoms with van der Waals surface area (Å²) in [4.78, 5) is 27.8. The van der Waals surface area contributed by atoms with Gasteiger partial charge in [0.25, 0.3) is 5.91 Å². The summed E-state index contributed by atoms with van der Waals surface area (Å²) < 4.78 is 18.2. The van der Waals surface area contributed by atoms with Crippen LogP contribution < -0.4 is 10.1 Å². The number of nitrogens with zero attached hydrogens (tertiary/aromatic N) is 2. The fourth-order valence-corrected chi connectivity index (χ4v) is 2.76. The van der Waals surface area contributed by atoms with Gasteiger partial charge in [-0.25, -0.2) is 4.39 Å². The number of hydrogen-bond donors (Lipinski definition) is 1. The Balaban J connectivity index is 1.34. The van der Waals surface area contributed by atoms with Crippen LogP contribution >= 0.6 is 0 Å². The van der Waals surface area contributed by atoms with Crippen molar-refractivity contribution in [1.82, 2.24) is 15.1 Å². The van der Waals surface area contributed by atoms with Crippen LogP contribution in [-0.2, 0) is 9.59 Å². The third kappa shape index (κ3) is 5.70. The fraction of sp³-hybridized carbons (Fsp3) is 0.556. The highest BCUT2D eigenvalue weighted by molar-refractivity contribution is 5.79. The topological polar surface area (TPSA) is 61.9 Å². The van der Waals surface area contributed by atoms with E-state index < -0.39 is 0 Å². The summed E-state index contributed by atoms with van der Waals surface area (Å²) in [6, 6.07) is 5.60. The molecule has 0 atom stereocenters. The molecule has 25 heavy (non-hydrogen) atoms. The third-order valence-electron chi connectivity index (χ3n) is 4.55. The second-order valence-electron chi connectivity index (χ2n) is 6.65. The number of benzene rings is 1. The predicted octanol–water partition coefficient (Wildman–Crippen LogP) is 0.875. The van der Waals surface area contributed by atoms with Crippen molar-refractivity contribution >= 4 is 11.8 Å². The summed E-state index contributed by atoms with van der Waals surface area (Å²) >= 11 is 0. The van der Waals surface area contributed by atoms with Crippen molar-refractivity contribution in [1.29, 1.82) is 0 Å². The molecule has 2 fully saturated rings. The van der Waals surface area contributed by atoms with E-state index in [0.717, 1.165) is 6.54 Å². The van der Waals surface area contributed by atoms with Crippen LogP contribution in [0.2, 0.25) is 0 Å². The number of halogens is 1. The van der Waals surface area contributed by atoms with E-state index >= 15 is 0 Å². The number of rotatable bonds is 7. The minimum atomic E-state index is -0.337. The van der Waals surface area contributed by atoms with Crippen LogP contribution in [0.25, 0.3) is 0 Å². The molecule has 1 aromatic carbocycles. The van der Waals surface area contributed by atoms with Crippen LogP contribution in [0.3, 0.4) is 0 Å². The maximum Gasteiger partial charge on any atom is 0.260 e. The number of ether oxygens (including phenoxy) is 1. The lowest BCUT2D eigenvalue weighted by Gasteiger charge is -2.34. The van der Waals surface area contributed by atoms with Crippen LogP contribution in [0.5, 0.6) is 5.75 Å². The monoisotopic (exact) mass is 349 g/mol. The molecule has 1 aliphatic carbocycles. The van der Waals surface area contributed by atoms with Crippen molar-refractivity contribution in [2.75, 3.05) is 45.9 Å². The summed E-state index contributed by atoms with van der Waals surface area (Å²) in [5, 5.41) is 2.96. The largest absolute Gasteiger partial charge is 0.484 e. The zero-order valence-electron chi connectivity index (χ0n) is 14.2. The highest BCUT2D eigenvalue weighted by Crippen LogP contribution is 2.27. The molecule has 2 aliphatic rings. The SMILES string of the molecule is O=C(CN1CCN(C(=O)COc2ccc(F)cc2)CC1)NCC1CC1. The average molecular weight is 349 g/mol. The molecular formula is C18H24FN3O3. The van der Waals surface area contributed by atoms with Crippen molar-refractivity contribution in [3.8, 4) is 5.75 Å². The maximum atomic E-state index is 12.8. The summed E-state index contributed by atoms with van der Waals surface area (Å²) in [5.74, 6) is 0.782. The zero-order valence-corrected chi connectivity index (χ0v) is 14.2. The maximum absolute atomic E-state index is 12.8.